The molecule has 5 nitrogen and oxygen atoms in total. The first kappa shape index (κ1) is 12.0. The van der Waals surface area contributed by atoms with E-state index >= 15 is 0 Å². The summed E-state index contributed by atoms with van der Waals surface area (Å²) >= 11 is 0. The molecule has 1 aromatic rings. The molecule has 5 heteroatoms. The van der Waals surface area contributed by atoms with Crippen LogP contribution in [0.15, 0.2) is 30.3 Å². The van der Waals surface area contributed by atoms with Crippen molar-refractivity contribution >= 4 is 12.0 Å². The predicted molar refractivity (Wildman–Crippen MR) is 58.7 cm³/mol. The van der Waals surface area contributed by atoms with Gasteiger partial charge in [-0.05, 0) is 12.1 Å². The summed E-state index contributed by atoms with van der Waals surface area (Å²) in [5.74, 6) is -0.557. The highest BCUT2D eigenvalue weighted by Crippen LogP contribution is 2.03. The first-order valence-electron chi connectivity index (χ1n) is 4.74. The summed E-state index contributed by atoms with van der Waals surface area (Å²) < 4.78 is 0. The number of hydrogen-bond donors (Lipinski definition) is 0. The van der Waals surface area contributed by atoms with Crippen molar-refractivity contribution in [2.24, 2.45) is 0 Å². The molecular weight excluding hydrogens is 208 g/mol. The molecule has 0 saturated carbocycles. The maximum absolute atomic E-state index is 11.5. The Bertz CT molecular complexity index is 376. The van der Waals surface area contributed by atoms with Crippen LogP contribution in [0.25, 0.3) is 0 Å². The van der Waals surface area contributed by atoms with Crippen molar-refractivity contribution in [3.8, 4) is 0 Å². The van der Waals surface area contributed by atoms with Crippen molar-refractivity contribution in [3.63, 3.8) is 0 Å². The molecule has 0 aliphatic heterocycles. The van der Waals surface area contributed by atoms with Crippen molar-refractivity contribution in [3.05, 3.63) is 35.9 Å². The molecule has 0 atom stereocenters. The maximum atomic E-state index is 11.5. The first-order chi connectivity index (χ1) is 7.52. The van der Waals surface area contributed by atoms with Crippen molar-refractivity contribution in [1.82, 2.24) is 9.96 Å². The zero-order chi connectivity index (χ0) is 12.1. The van der Waals surface area contributed by atoms with Gasteiger partial charge in [-0.25, -0.2) is 9.59 Å². The summed E-state index contributed by atoms with van der Waals surface area (Å²) in [6.07, 6.45) is 0. The van der Waals surface area contributed by atoms with Crippen LogP contribution >= 0.6 is 0 Å². The highest BCUT2D eigenvalue weighted by molar-refractivity contribution is 5.90. The molecule has 0 aliphatic carbocycles. The van der Waals surface area contributed by atoms with Crippen molar-refractivity contribution < 1.29 is 14.4 Å². The molecule has 0 aliphatic rings. The van der Waals surface area contributed by atoms with E-state index in [-0.39, 0.29) is 0 Å². The van der Waals surface area contributed by atoms with E-state index < -0.39 is 12.0 Å². The topological polar surface area (TPSA) is 49.9 Å². The Kier molecular flexibility index (Phi) is 3.88. The fourth-order valence-corrected chi connectivity index (χ4v) is 1.07. The molecule has 0 unspecified atom stereocenters. The average molecular weight is 222 g/mol. The van der Waals surface area contributed by atoms with Gasteiger partial charge in [-0.1, -0.05) is 18.2 Å². The molecule has 0 saturated heterocycles. The second kappa shape index (κ2) is 5.16. The smallest absolute Gasteiger partial charge is 0.331 e. The Labute approximate surface area is 94.2 Å². The van der Waals surface area contributed by atoms with E-state index in [4.69, 9.17) is 4.84 Å². The van der Waals surface area contributed by atoms with Crippen molar-refractivity contribution in [2.75, 3.05) is 21.1 Å². The summed E-state index contributed by atoms with van der Waals surface area (Å²) in [6, 6.07) is 8.09. The van der Waals surface area contributed by atoms with Crippen LogP contribution in [0.1, 0.15) is 10.4 Å². The van der Waals surface area contributed by atoms with Crippen molar-refractivity contribution in [2.45, 2.75) is 0 Å². The van der Waals surface area contributed by atoms with Gasteiger partial charge in [0, 0.05) is 14.1 Å². The van der Waals surface area contributed by atoms with E-state index in [9.17, 15) is 9.59 Å². The molecule has 0 radical (unpaired) electrons. The largest absolute Gasteiger partial charge is 0.363 e. The molecule has 1 rings (SSSR count). The van der Waals surface area contributed by atoms with Crippen LogP contribution in [-0.4, -0.2) is 43.1 Å². The van der Waals surface area contributed by atoms with Crippen LogP contribution in [0.3, 0.4) is 0 Å². The predicted octanol–water partition coefficient (Wildman–Crippen LogP) is 1.37. The van der Waals surface area contributed by atoms with Crippen LogP contribution in [0.5, 0.6) is 0 Å². The number of nitrogens with zero attached hydrogens (tertiary/aromatic N) is 2. The molecule has 16 heavy (non-hydrogen) atoms. The van der Waals surface area contributed by atoms with Crippen molar-refractivity contribution in [1.29, 1.82) is 0 Å². The van der Waals surface area contributed by atoms with Gasteiger partial charge in [0.15, 0.2) is 0 Å². The lowest BCUT2D eigenvalue weighted by Crippen LogP contribution is -2.37. The minimum absolute atomic E-state index is 0.399. The van der Waals surface area contributed by atoms with Gasteiger partial charge < -0.3 is 9.74 Å². The van der Waals surface area contributed by atoms with Crippen LogP contribution < -0.4 is 0 Å². The third-order valence-corrected chi connectivity index (χ3v) is 1.88. The Hall–Kier alpha value is -2.04. The van der Waals surface area contributed by atoms with Crippen LogP contribution in [-0.2, 0) is 4.84 Å². The SMILES string of the molecule is CN(C)C(=O)N(C)OC(=O)c1ccccc1. The highest BCUT2D eigenvalue weighted by atomic mass is 16.7. The molecule has 0 aromatic heterocycles. The number of urea groups is 1. The fraction of sp³-hybridized carbons (Fsp3) is 0.273. The zero-order valence-corrected chi connectivity index (χ0v) is 9.51. The molecule has 1 aromatic carbocycles. The molecule has 0 bridgehead atoms. The Morgan fingerprint density at radius 1 is 1.06 bits per heavy atom. The van der Waals surface area contributed by atoms with Gasteiger partial charge in [0.2, 0.25) is 0 Å². The van der Waals surface area contributed by atoms with E-state index in [2.05, 4.69) is 0 Å². The van der Waals surface area contributed by atoms with Gasteiger partial charge in [-0.3, -0.25) is 0 Å². The lowest BCUT2D eigenvalue weighted by molar-refractivity contribution is -0.0626. The number of rotatable bonds is 1. The molecule has 86 valence electrons. The monoisotopic (exact) mass is 222 g/mol. The second-order valence-corrected chi connectivity index (χ2v) is 3.42. The zero-order valence-electron chi connectivity index (χ0n) is 9.51. The first-order valence-corrected chi connectivity index (χ1v) is 4.74. The minimum atomic E-state index is -0.557. The Morgan fingerprint density at radius 2 is 1.62 bits per heavy atom. The normalized spacial score (nSPS) is 9.44. The fourth-order valence-electron chi connectivity index (χ4n) is 1.07. The van der Waals surface area contributed by atoms with Gasteiger partial charge in [0.05, 0.1) is 12.6 Å². The number of hydroxylamine groups is 2. The van der Waals surface area contributed by atoms with Gasteiger partial charge in [-0.2, -0.15) is 5.06 Å². The van der Waals surface area contributed by atoms with E-state index in [1.165, 1.54) is 11.9 Å². The molecule has 0 heterocycles. The number of hydrogen-bond acceptors (Lipinski definition) is 3. The summed E-state index contributed by atoms with van der Waals surface area (Å²) in [7, 11) is 4.55. The number of carbonyl (C=O) groups excluding carboxylic acids is 2. The molecular formula is C11H14N2O3. The second-order valence-electron chi connectivity index (χ2n) is 3.42. The summed E-state index contributed by atoms with van der Waals surface area (Å²) in [5, 5.41) is 0.898. The third-order valence-electron chi connectivity index (χ3n) is 1.88. The van der Waals surface area contributed by atoms with Gasteiger partial charge in [0.25, 0.3) is 0 Å². The number of carbonyl (C=O) groups is 2. The quantitative estimate of drug-likeness (QED) is 0.674. The maximum Gasteiger partial charge on any atom is 0.363 e. The van der Waals surface area contributed by atoms with E-state index in [0.29, 0.717) is 5.56 Å². The number of amides is 2. The van der Waals surface area contributed by atoms with Crippen LogP contribution in [0.4, 0.5) is 4.79 Å². The summed E-state index contributed by atoms with van der Waals surface area (Å²) in [5.41, 5.74) is 0.404. The third kappa shape index (κ3) is 2.98. The Balaban J connectivity index is 2.62. The van der Waals surface area contributed by atoms with E-state index in [0.717, 1.165) is 5.06 Å². The summed E-state index contributed by atoms with van der Waals surface area (Å²) in [4.78, 5) is 29.1. The van der Waals surface area contributed by atoms with E-state index in [1.54, 1.807) is 44.4 Å². The number of benzene rings is 1. The summed E-state index contributed by atoms with van der Waals surface area (Å²) in [6.45, 7) is 0. The lowest BCUT2D eigenvalue weighted by atomic mass is 10.2. The molecule has 0 N–H and O–H groups in total. The molecule has 0 fully saturated rings. The standard InChI is InChI=1S/C11H14N2O3/c1-12(2)11(15)13(3)16-10(14)9-7-5-4-6-8-9/h4-8H,1-3H3. The minimum Gasteiger partial charge on any atom is -0.331 e. The molecule has 0 spiro atoms. The van der Waals surface area contributed by atoms with E-state index in [1.807, 2.05) is 0 Å². The van der Waals surface area contributed by atoms with Crippen LogP contribution in [0.2, 0.25) is 0 Å². The van der Waals surface area contributed by atoms with Gasteiger partial charge >= 0.3 is 12.0 Å². The average Bonchev–Trinajstić information content (AvgIpc) is 2.28. The van der Waals surface area contributed by atoms with Gasteiger partial charge in [-0.15, -0.1) is 0 Å². The highest BCUT2D eigenvalue weighted by Gasteiger charge is 2.16. The molecule has 2 amide bonds. The van der Waals surface area contributed by atoms with Crippen LogP contribution in [0, 0.1) is 0 Å². The Morgan fingerprint density at radius 3 is 2.12 bits per heavy atom. The van der Waals surface area contributed by atoms with Gasteiger partial charge in [0.1, 0.15) is 0 Å². The lowest BCUT2D eigenvalue weighted by Gasteiger charge is -2.20.